The first-order valence-electron chi connectivity index (χ1n) is 18.8. The van der Waals surface area contributed by atoms with E-state index in [-0.39, 0.29) is 36.8 Å². The van der Waals surface area contributed by atoms with Gasteiger partial charge in [0, 0.05) is 42.9 Å². The number of rotatable bonds is 30. The molecule has 2 amide bonds. The zero-order chi connectivity index (χ0) is 41.1. The van der Waals surface area contributed by atoms with Crippen molar-refractivity contribution in [2.24, 2.45) is 21.6 Å². The molecule has 0 heterocycles. The first kappa shape index (κ1) is 45.9. The number of nitrogens with zero attached hydrogens (tertiary/aromatic N) is 4. The van der Waals surface area contributed by atoms with Gasteiger partial charge in [-0.05, 0) is 46.5 Å². The maximum absolute atomic E-state index is 12.9. The minimum absolute atomic E-state index is 0.00167. The Bertz CT molecular complexity index is 1750. The molecule has 310 valence electrons. The molecular weight excluding hydrogens is 738 g/mol. The number of nitrogens with two attached hydrogens (primary N) is 2. The summed E-state index contributed by atoms with van der Waals surface area (Å²) >= 11 is 0. The van der Waals surface area contributed by atoms with Crippen LogP contribution in [0.25, 0.3) is 32.3 Å². The number of aliphatic imine (C=N–C) groups is 1. The molecule has 3 aromatic carbocycles. The van der Waals surface area contributed by atoms with Gasteiger partial charge in [-0.15, -0.1) is 0 Å². The van der Waals surface area contributed by atoms with Crippen LogP contribution in [-0.4, -0.2) is 121 Å². The van der Waals surface area contributed by atoms with E-state index in [1.807, 2.05) is 60.7 Å². The van der Waals surface area contributed by atoms with Crippen LogP contribution in [0.15, 0.2) is 70.8 Å². The highest BCUT2D eigenvalue weighted by Crippen LogP contribution is 2.35. The number of carbonyl (C=O) groups excluding carboxylic acids is 2. The molecule has 18 nitrogen and oxygen atoms in total. The summed E-state index contributed by atoms with van der Waals surface area (Å²) in [7, 11) is 0. The molecular formula is C39H55N9O9. The molecule has 57 heavy (non-hydrogen) atoms. The number of carboxylic acid groups (broad SMARTS) is 1. The SMILES string of the molecule is CC(=O)N[C@@H](CCCN=C(N)N)CNCC(=O)N[C@@H](CC(=O)O)c1ccc(-c2ccc(OCCOCCOCCOCCOCCN=[N+]=[N-])c3ccccc23)cc1. The zero-order valence-electron chi connectivity index (χ0n) is 32.4. The summed E-state index contributed by atoms with van der Waals surface area (Å²) in [5, 5.41) is 23.6. The van der Waals surface area contributed by atoms with Crippen LogP contribution in [0.3, 0.4) is 0 Å². The molecule has 0 aliphatic rings. The van der Waals surface area contributed by atoms with Gasteiger partial charge in [-0.25, -0.2) is 0 Å². The summed E-state index contributed by atoms with van der Waals surface area (Å²) in [6.07, 6.45) is 0.928. The number of guanidine groups is 1. The van der Waals surface area contributed by atoms with E-state index in [2.05, 4.69) is 31.0 Å². The molecule has 0 unspecified atom stereocenters. The summed E-state index contributed by atoms with van der Waals surface area (Å²) in [5.74, 6) is -0.912. The van der Waals surface area contributed by atoms with Crippen LogP contribution in [0.2, 0.25) is 0 Å². The third-order valence-electron chi connectivity index (χ3n) is 8.31. The lowest BCUT2D eigenvalue weighted by atomic mass is 9.95. The number of nitrogens with one attached hydrogen (secondary N) is 3. The highest BCUT2D eigenvalue weighted by molar-refractivity contribution is 6.00. The van der Waals surface area contributed by atoms with E-state index in [4.69, 9.17) is 40.7 Å². The topological polar surface area (TPSA) is 267 Å². The van der Waals surface area contributed by atoms with Crippen molar-refractivity contribution >= 4 is 34.5 Å². The van der Waals surface area contributed by atoms with Gasteiger partial charge in [0.2, 0.25) is 11.8 Å². The average Bonchev–Trinajstić information content (AvgIpc) is 3.18. The second-order valence-corrected chi connectivity index (χ2v) is 12.7. The van der Waals surface area contributed by atoms with Crippen LogP contribution in [0, 0.1) is 0 Å². The Kier molecular flexibility index (Phi) is 21.9. The number of fused-ring (bicyclic) bond motifs is 1. The maximum Gasteiger partial charge on any atom is 0.305 e. The highest BCUT2D eigenvalue weighted by Gasteiger charge is 2.19. The van der Waals surface area contributed by atoms with E-state index in [0.29, 0.717) is 97.5 Å². The van der Waals surface area contributed by atoms with Gasteiger partial charge in [-0.3, -0.25) is 19.4 Å². The molecule has 0 aliphatic carbocycles. The monoisotopic (exact) mass is 793 g/mol. The van der Waals surface area contributed by atoms with Crippen molar-refractivity contribution in [2.45, 2.75) is 38.3 Å². The number of carboxylic acids is 1. The first-order valence-corrected chi connectivity index (χ1v) is 18.8. The van der Waals surface area contributed by atoms with E-state index < -0.39 is 12.0 Å². The smallest absolute Gasteiger partial charge is 0.305 e. The lowest BCUT2D eigenvalue weighted by Crippen LogP contribution is -2.44. The Morgan fingerprint density at radius 1 is 0.807 bits per heavy atom. The number of hydrogen-bond donors (Lipinski definition) is 6. The number of azide groups is 1. The van der Waals surface area contributed by atoms with Gasteiger partial charge in [-0.2, -0.15) is 0 Å². The molecule has 18 heteroatoms. The van der Waals surface area contributed by atoms with E-state index >= 15 is 0 Å². The van der Waals surface area contributed by atoms with Gasteiger partial charge in [0.1, 0.15) is 12.4 Å². The molecule has 0 spiro atoms. The minimum atomic E-state index is -1.05. The predicted octanol–water partition coefficient (Wildman–Crippen LogP) is 3.04. The number of hydrogen-bond acceptors (Lipinski definition) is 11. The third kappa shape index (κ3) is 18.8. The fraction of sp³-hybridized carbons (Fsp3) is 0.487. The molecule has 2 atom stereocenters. The van der Waals surface area contributed by atoms with Crippen molar-refractivity contribution in [1.29, 1.82) is 0 Å². The maximum atomic E-state index is 12.9. The first-order chi connectivity index (χ1) is 27.7. The summed E-state index contributed by atoms with van der Waals surface area (Å²) in [6.45, 7) is 6.06. The molecule has 0 bridgehead atoms. The molecule has 0 radical (unpaired) electrons. The quantitative estimate of drug-likeness (QED) is 0.0142. The fourth-order valence-electron chi connectivity index (χ4n) is 5.76. The van der Waals surface area contributed by atoms with Gasteiger partial charge in [0.15, 0.2) is 5.96 Å². The summed E-state index contributed by atoms with van der Waals surface area (Å²) < 4.78 is 27.9. The van der Waals surface area contributed by atoms with Gasteiger partial charge in [-0.1, -0.05) is 59.7 Å². The molecule has 3 aromatic rings. The number of ether oxygens (including phenoxy) is 5. The Balaban J connectivity index is 1.47. The lowest BCUT2D eigenvalue weighted by molar-refractivity contribution is -0.137. The summed E-state index contributed by atoms with van der Waals surface area (Å²) in [6, 6.07) is 18.3. The number of aliphatic carboxylic acids is 1. The second kappa shape index (κ2) is 27.2. The molecule has 0 aliphatic heterocycles. The van der Waals surface area contributed by atoms with Crippen LogP contribution >= 0.6 is 0 Å². The van der Waals surface area contributed by atoms with Crippen molar-refractivity contribution in [3.8, 4) is 16.9 Å². The Hall–Kier alpha value is -5.49. The van der Waals surface area contributed by atoms with Crippen LogP contribution < -0.4 is 32.2 Å². The van der Waals surface area contributed by atoms with Crippen LogP contribution in [0.5, 0.6) is 5.75 Å². The van der Waals surface area contributed by atoms with Crippen molar-refractivity contribution in [1.82, 2.24) is 16.0 Å². The Morgan fingerprint density at radius 3 is 2.05 bits per heavy atom. The molecule has 8 N–H and O–H groups in total. The van der Waals surface area contributed by atoms with Crippen molar-refractivity contribution in [3.63, 3.8) is 0 Å². The van der Waals surface area contributed by atoms with Crippen molar-refractivity contribution in [3.05, 3.63) is 76.7 Å². The molecule has 3 rings (SSSR count). The highest BCUT2D eigenvalue weighted by atomic mass is 16.6. The lowest BCUT2D eigenvalue weighted by Gasteiger charge is -2.20. The van der Waals surface area contributed by atoms with E-state index in [1.54, 1.807) is 0 Å². The minimum Gasteiger partial charge on any atom is -0.491 e. The van der Waals surface area contributed by atoms with Crippen molar-refractivity contribution < 1.29 is 43.2 Å². The van der Waals surface area contributed by atoms with E-state index in [9.17, 15) is 19.5 Å². The molecule has 0 aromatic heterocycles. The van der Waals surface area contributed by atoms with Crippen LogP contribution in [0.4, 0.5) is 0 Å². The average molecular weight is 794 g/mol. The number of benzene rings is 3. The fourth-order valence-corrected chi connectivity index (χ4v) is 5.76. The van der Waals surface area contributed by atoms with Gasteiger partial charge >= 0.3 is 5.97 Å². The van der Waals surface area contributed by atoms with Crippen LogP contribution in [-0.2, 0) is 33.3 Å². The molecule has 0 saturated carbocycles. The van der Waals surface area contributed by atoms with Gasteiger partial charge < -0.3 is 56.2 Å². The largest absolute Gasteiger partial charge is 0.491 e. The van der Waals surface area contributed by atoms with E-state index in [0.717, 1.165) is 27.6 Å². The number of amides is 2. The second-order valence-electron chi connectivity index (χ2n) is 12.7. The van der Waals surface area contributed by atoms with Gasteiger partial charge in [0.05, 0.1) is 71.9 Å². The third-order valence-corrected chi connectivity index (χ3v) is 8.31. The Labute approximate surface area is 332 Å². The predicted molar refractivity (Wildman–Crippen MR) is 216 cm³/mol. The van der Waals surface area contributed by atoms with Gasteiger partial charge in [0.25, 0.3) is 0 Å². The molecule has 0 fully saturated rings. The standard InChI is InChI=1S/C39H55N9O9/c1-28(49)46-31(5-4-14-44-39(40)41)26-43-27-37(50)47-35(25-38(51)52)30-10-8-29(9-11-30)32-12-13-36(34-7-3-2-6-33(32)34)57-24-23-56-22-21-55-20-19-54-18-17-53-16-15-45-48-42/h2-3,6-13,31,35,43H,4-5,14-27H2,1H3,(H,46,49)(H,47,50)(H,51,52)(H4,40,41,44)/t31-,35-/m0/s1. The summed E-state index contributed by atoms with van der Waals surface area (Å²) in [5.41, 5.74) is 21.5. The normalized spacial score (nSPS) is 11.9. The van der Waals surface area contributed by atoms with Crippen molar-refractivity contribution in [2.75, 3.05) is 85.6 Å². The van der Waals surface area contributed by atoms with Crippen LogP contribution in [0.1, 0.15) is 37.8 Å². The zero-order valence-corrected chi connectivity index (χ0v) is 32.4. The summed E-state index contributed by atoms with van der Waals surface area (Å²) in [4.78, 5) is 42.9. The van der Waals surface area contributed by atoms with E-state index in [1.165, 1.54) is 6.92 Å². The number of carbonyl (C=O) groups is 3. The Morgan fingerprint density at radius 2 is 1.44 bits per heavy atom. The molecule has 0 saturated heterocycles.